The highest BCUT2D eigenvalue weighted by Gasteiger charge is 2.21. The SMILES string of the molecule is Cc1ccc(SCc2ccc(C(=O)Nc3ccc(N4CCCC4=O)cc3)cc2)cc1. The molecule has 4 rings (SSSR count). The average Bonchev–Trinajstić information content (AvgIpc) is 3.20. The fourth-order valence-corrected chi connectivity index (χ4v) is 4.26. The normalized spacial score (nSPS) is 13.5. The average molecular weight is 417 g/mol. The third kappa shape index (κ3) is 4.92. The molecule has 0 atom stereocenters. The molecule has 1 aliphatic heterocycles. The second-order valence-electron chi connectivity index (χ2n) is 7.45. The number of nitrogens with zero attached hydrogens (tertiary/aromatic N) is 1. The molecule has 5 heteroatoms. The van der Waals surface area contributed by atoms with E-state index in [1.807, 2.05) is 48.5 Å². The Kier molecular flexibility index (Phi) is 6.19. The Balaban J connectivity index is 1.33. The first kappa shape index (κ1) is 20.2. The van der Waals surface area contributed by atoms with E-state index in [9.17, 15) is 9.59 Å². The Morgan fingerprint density at radius 3 is 2.30 bits per heavy atom. The van der Waals surface area contributed by atoms with Crippen molar-refractivity contribution < 1.29 is 9.59 Å². The lowest BCUT2D eigenvalue weighted by molar-refractivity contribution is -0.117. The summed E-state index contributed by atoms with van der Waals surface area (Å²) in [7, 11) is 0. The zero-order valence-corrected chi connectivity index (χ0v) is 17.7. The van der Waals surface area contributed by atoms with Crippen molar-refractivity contribution in [3.05, 3.63) is 89.5 Å². The van der Waals surface area contributed by atoms with Crippen molar-refractivity contribution in [1.29, 1.82) is 0 Å². The Labute approximate surface area is 181 Å². The molecule has 0 bridgehead atoms. The van der Waals surface area contributed by atoms with Gasteiger partial charge in [0.2, 0.25) is 5.91 Å². The van der Waals surface area contributed by atoms with Crippen molar-refractivity contribution in [2.45, 2.75) is 30.4 Å². The van der Waals surface area contributed by atoms with Crippen LogP contribution in [0.25, 0.3) is 0 Å². The predicted octanol–water partition coefficient (Wildman–Crippen LogP) is 5.67. The first-order chi connectivity index (χ1) is 14.6. The number of hydrogen-bond donors (Lipinski definition) is 1. The van der Waals surface area contributed by atoms with Gasteiger partial charge in [-0.15, -0.1) is 11.8 Å². The number of thioether (sulfide) groups is 1. The number of aryl methyl sites for hydroxylation is 1. The molecule has 0 aromatic heterocycles. The molecule has 152 valence electrons. The van der Waals surface area contributed by atoms with Gasteiger partial charge in [-0.3, -0.25) is 9.59 Å². The molecule has 3 aromatic rings. The van der Waals surface area contributed by atoms with Crippen molar-refractivity contribution in [2.75, 3.05) is 16.8 Å². The quantitative estimate of drug-likeness (QED) is 0.527. The maximum atomic E-state index is 12.5. The van der Waals surface area contributed by atoms with Gasteiger partial charge in [0.05, 0.1) is 0 Å². The van der Waals surface area contributed by atoms with Crippen molar-refractivity contribution in [3.63, 3.8) is 0 Å². The summed E-state index contributed by atoms with van der Waals surface area (Å²) in [5.74, 6) is 0.881. The Hall–Kier alpha value is -3.05. The Morgan fingerprint density at radius 2 is 1.67 bits per heavy atom. The van der Waals surface area contributed by atoms with E-state index in [0.717, 1.165) is 30.1 Å². The van der Waals surface area contributed by atoms with Crippen molar-refractivity contribution in [2.24, 2.45) is 0 Å². The van der Waals surface area contributed by atoms with Gasteiger partial charge in [0.1, 0.15) is 0 Å². The van der Waals surface area contributed by atoms with Gasteiger partial charge in [-0.1, -0.05) is 29.8 Å². The molecule has 2 amide bonds. The molecule has 1 heterocycles. The van der Waals surface area contributed by atoms with Crippen LogP contribution >= 0.6 is 11.8 Å². The minimum Gasteiger partial charge on any atom is -0.322 e. The zero-order valence-electron chi connectivity index (χ0n) is 16.9. The van der Waals surface area contributed by atoms with Crippen LogP contribution in [0.1, 0.15) is 34.3 Å². The molecule has 1 N–H and O–H groups in total. The van der Waals surface area contributed by atoms with E-state index in [-0.39, 0.29) is 11.8 Å². The Bertz CT molecular complexity index is 1030. The lowest BCUT2D eigenvalue weighted by Crippen LogP contribution is -2.23. The molecule has 0 aliphatic carbocycles. The first-order valence-corrected chi connectivity index (χ1v) is 11.1. The van der Waals surface area contributed by atoms with Gasteiger partial charge in [0.15, 0.2) is 0 Å². The molecule has 1 saturated heterocycles. The fraction of sp³-hybridized carbons (Fsp3) is 0.200. The van der Waals surface area contributed by atoms with Crippen LogP contribution in [0.4, 0.5) is 11.4 Å². The van der Waals surface area contributed by atoms with Gasteiger partial charge < -0.3 is 10.2 Å². The van der Waals surface area contributed by atoms with Gasteiger partial charge in [0, 0.05) is 40.6 Å². The van der Waals surface area contributed by atoms with E-state index in [1.165, 1.54) is 16.0 Å². The summed E-state index contributed by atoms with van der Waals surface area (Å²) in [6.45, 7) is 2.85. The van der Waals surface area contributed by atoms with Crippen LogP contribution in [0, 0.1) is 6.92 Å². The zero-order chi connectivity index (χ0) is 20.9. The summed E-state index contributed by atoms with van der Waals surface area (Å²) in [6, 6.07) is 23.6. The molecule has 0 spiro atoms. The van der Waals surface area contributed by atoms with Crippen LogP contribution < -0.4 is 10.2 Å². The van der Waals surface area contributed by atoms with Crippen LogP contribution in [0.15, 0.2) is 77.7 Å². The van der Waals surface area contributed by atoms with E-state index >= 15 is 0 Å². The van der Waals surface area contributed by atoms with Crippen LogP contribution in [0.5, 0.6) is 0 Å². The minimum absolute atomic E-state index is 0.141. The number of anilines is 2. The summed E-state index contributed by atoms with van der Waals surface area (Å²) in [4.78, 5) is 27.4. The number of rotatable bonds is 6. The van der Waals surface area contributed by atoms with Crippen molar-refractivity contribution in [3.8, 4) is 0 Å². The van der Waals surface area contributed by atoms with E-state index in [2.05, 4.69) is 36.5 Å². The fourth-order valence-electron chi connectivity index (χ4n) is 3.40. The van der Waals surface area contributed by atoms with Crippen LogP contribution in [-0.4, -0.2) is 18.4 Å². The predicted molar refractivity (Wildman–Crippen MR) is 123 cm³/mol. The molecule has 0 saturated carbocycles. The number of nitrogens with one attached hydrogen (secondary N) is 1. The molecule has 0 unspecified atom stereocenters. The highest BCUT2D eigenvalue weighted by Crippen LogP contribution is 2.25. The third-order valence-electron chi connectivity index (χ3n) is 5.15. The number of hydrogen-bond acceptors (Lipinski definition) is 3. The molecule has 3 aromatic carbocycles. The molecule has 4 nitrogen and oxygen atoms in total. The second kappa shape index (κ2) is 9.18. The van der Waals surface area contributed by atoms with Crippen LogP contribution in [-0.2, 0) is 10.5 Å². The number of carbonyl (C=O) groups excluding carboxylic acids is 2. The lowest BCUT2D eigenvalue weighted by atomic mass is 10.1. The number of carbonyl (C=O) groups is 2. The van der Waals surface area contributed by atoms with Gasteiger partial charge in [-0.05, 0) is 67.4 Å². The maximum Gasteiger partial charge on any atom is 0.255 e. The molecule has 1 aliphatic rings. The smallest absolute Gasteiger partial charge is 0.255 e. The third-order valence-corrected chi connectivity index (χ3v) is 6.24. The van der Waals surface area contributed by atoms with Gasteiger partial charge >= 0.3 is 0 Å². The molecular formula is C25H24N2O2S. The summed E-state index contributed by atoms with van der Waals surface area (Å²) in [5.41, 5.74) is 4.66. The summed E-state index contributed by atoms with van der Waals surface area (Å²) < 4.78 is 0. The maximum absolute atomic E-state index is 12.5. The largest absolute Gasteiger partial charge is 0.322 e. The van der Waals surface area contributed by atoms with Crippen LogP contribution in [0.3, 0.4) is 0 Å². The summed E-state index contributed by atoms with van der Waals surface area (Å²) >= 11 is 1.78. The summed E-state index contributed by atoms with van der Waals surface area (Å²) in [6.07, 6.45) is 1.51. The molecule has 1 fully saturated rings. The highest BCUT2D eigenvalue weighted by atomic mass is 32.2. The lowest BCUT2D eigenvalue weighted by Gasteiger charge is -2.16. The molecule has 30 heavy (non-hydrogen) atoms. The molecule has 0 radical (unpaired) electrons. The standard InChI is InChI=1S/C25H24N2O2S/c1-18-4-14-23(15-5-18)30-17-19-6-8-20(9-7-19)25(29)26-21-10-12-22(13-11-21)27-16-2-3-24(27)28/h4-15H,2-3,16-17H2,1H3,(H,26,29). The van der Waals surface area contributed by atoms with E-state index < -0.39 is 0 Å². The number of amides is 2. The molecular weight excluding hydrogens is 392 g/mol. The summed E-state index contributed by atoms with van der Waals surface area (Å²) in [5, 5.41) is 2.92. The monoisotopic (exact) mass is 416 g/mol. The van der Waals surface area contributed by atoms with E-state index in [0.29, 0.717) is 12.0 Å². The number of benzene rings is 3. The van der Waals surface area contributed by atoms with E-state index in [1.54, 1.807) is 16.7 Å². The van der Waals surface area contributed by atoms with Gasteiger partial charge in [0.25, 0.3) is 5.91 Å². The minimum atomic E-state index is -0.141. The van der Waals surface area contributed by atoms with Gasteiger partial charge in [-0.25, -0.2) is 0 Å². The van der Waals surface area contributed by atoms with Crippen LogP contribution in [0.2, 0.25) is 0 Å². The van der Waals surface area contributed by atoms with E-state index in [4.69, 9.17) is 0 Å². The van der Waals surface area contributed by atoms with Crippen molar-refractivity contribution >= 4 is 35.0 Å². The Morgan fingerprint density at radius 1 is 0.967 bits per heavy atom. The topological polar surface area (TPSA) is 49.4 Å². The highest BCUT2D eigenvalue weighted by molar-refractivity contribution is 7.98. The first-order valence-electron chi connectivity index (χ1n) is 10.1. The van der Waals surface area contributed by atoms with Gasteiger partial charge in [-0.2, -0.15) is 0 Å². The van der Waals surface area contributed by atoms with Crippen molar-refractivity contribution in [1.82, 2.24) is 0 Å². The second-order valence-corrected chi connectivity index (χ2v) is 8.50.